The van der Waals surface area contributed by atoms with E-state index < -0.39 is 83.7 Å². The number of ketones is 3. The number of ether oxygens (including phenoxy) is 5. The first-order valence-corrected chi connectivity index (χ1v) is 23.4. The molecule has 2 fully saturated rings. The van der Waals surface area contributed by atoms with E-state index in [9.17, 15) is 34.2 Å². The van der Waals surface area contributed by atoms with Crippen LogP contribution in [0.1, 0.15) is 111 Å². The molecular weight excluding hydrogens is 831 g/mol. The lowest BCUT2D eigenvalue weighted by Crippen LogP contribution is -2.61. The quantitative estimate of drug-likeness (QED) is 0.168. The van der Waals surface area contributed by atoms with Crippen molar-refractivity contribution < 1.29 is 57.9 Å². The molecule has 3 heterocycles. The van der Waals surface area contributed by atoms with Crippen molar-refractivity contribution in [2.75, 3.05) is 27.9 Å². The molecule has 0 saturated carbocycles. The maximum Gasteiger partial charge on any atom is 0.329 e. The van der Waals surface area contributed by atoms with Gasteiger partial charge in [-0.3, -0.25) is 19.2 Å². The van der Waals surface area contributed by atoms with E-state index in [0.717, 1.165) is 16.7 Å². The Morgan fingerprint density at radius 3 is 2.29 bits per heavy atom. The van der Waals surface area contributed by atoms with Gasteiger partial charge in [-0.2, -0.15) is 0 Å². The molecule has 13 nitrogen and oxygen atoms in total. The van der Waals surface area contributed by atoms with Crippen molar-refractivity contribution in [2.24, 2.45) is 29.6 Å². The van der Waals surface area contributed by atoms with Gasteiger partial charge in [0.05, 0.1) is 19.3 Å². The second-order valence-corrected chi connectivity index (χ2v) is 18.8. The van der Waals surface area contributed by atoms with Crippen LogP contribution in [0, 0.1) is 36.5 Å². The Hall–Kier alpha value is -4.27. The minimum atomic E-state index is -2.43. The number of hydrogen-bond donors (Lipinski definition) is 2. The average molecular weight is 906 g/mol. The summed E-state index contributed by atoms with van der Waals surface area (Å²) in [5, 5.41) is 23.4. The number of fused-ring (bicyclic) bond motifs is 3. The van der Waals surface area contributed by atoms with Crippen LogP contribution < -0.4 is 4.74 Å². The molecule has 12 atom stereocenters. The number of aliphatic hydroxyl groups is 2. The number of allylic oxidation sites excluding steroid dienone is 6. The molecule has 2 bridgehead atoms. The van der Waals surface area contributed by atoms with Crippen molar-refractivity contribution in [2.45, 2.75) is 156 Å². The van der Waals surface area contributed by atoms with Gasteiger partial charge in [-0.25, -0.2) is 4.79 Å². The van der Waals surface area contributed by atoms with Gasteiger partial charge in [0.2, 0.25) is 5.79 Å². The minimum Gasteiger partial charge on any atom is -0.496 e. The first-order chi connectivity index (χ1) is 30.7. The maximum atomic E-state index is 14.4. The Bertz CT molecular complexity index is 1950. The van der Waals surface area contributed by atoms with Crippen LogP contribution in [0.25, 0.3) is 0 Å². The number of hydrogen-bond acceptors (Lipinski definition) is 12. The first kappa shape index (κ1) is 53.3. The number of aryl methyl sites for hydroxylation is 1. The second-order valence-electron chi connectivity index (χ2n) is 18.8. The Morgan fingerprint density at radius 2 is 1.62 bits per heavy atom. The fourth-order valence-corrected chi connectivity index (χ4v) is 9.27. The molecule has 2 saturated heterocycles. The van der Waals surface area contributed by atoms with Crippen LogP contribution in [0.2, 0.25) is 0 Å². The number of piperidine rings is 1. The lowest BCUT2D eigenvalue weighted by atomic mass is 9.85. The van der Waals surface area contributed by atoms with Crippen molar-refractivity contribution in [1.29, 1.82) is 0 Å². The predicted octanol–water partition coefficient (Wildman–Crippen LogP) is 7.17. The van der Waals surface area contributed by atoms with E-state index in [0.29, 0.717) is 56.3 Å². The third-order valence-electron chi connectivity index (χ3n) is 13.6. The summed E-state index contributed by atoms with van der Waals surface area (Å²) in [4.78, 5) is 71.8. The number of benzene rings is 1. The highest BCUT2D eigenvalue weighted by Crippen LogP contribution is 2.37. The monoisotopic (exact) mass is 906 g/mol. The highest BCUT2D eigenvalue weighted by molar-refractivity contribution is 6.39. The van der Waals surface area contributed by atoms with E-state index >= 15 is 0 Å². The molecule has 13 heteroatoms. The van der Waals surface area contributed by atoms with Crippen molar-refractivity contribution >= 4 is 29.2 Å². The smallest absolute Gasteiger partial charge is 0.329 e. The van der Waals surface area contributed by atoms with Crippen LogP contribution in [-0.2, 0) is 49.3 Å². The Morgan fingerprint density at radius 1 is 0.892 bits per heavy atom. The Kier molecular flexibility index (Phi) is 20.1. The van der Waals surface area contributed by atoms with E-state index in [1.807, 2.05) is 83.2 Å². The van der Waals surface area contributed by atoms with Gasteiger partial charge < -0.3 is 38.8 Å². The third kappa shape index (κ3) is 13.9. The average Bonchev–Trinajstić information content (AvgIpc) is 3.28. The number of nitrogens with zero attached hydrogens (tertiary/aromatic N) is 1. The summed E-state index contributed by atoms with van der Waals surface area (Å²) in [6.45, 7) is 14.7. The fraction of sp³-hybridized carbons (Fsp3) is 0.635. The van der Waals surface area contributed by atoms with Gasteiger partial charge in [-0.15, -0.1) is 0 Å². The van der Waals surface area contributed by atoms with Gasteiger partial charge in [-0.05, 0) is 106 Å². The van der Waals surface area contributed by atoms with Crippen LogP contribution in [-0.4, -0.2) is 115 Å². The van der Waals surface area contributed by atoms with Crippen molar-refractivity contribution in [3.63, 3.8) is 0 Å². The molecule has 360 valence electrons. The molecule has 2 N–H and O–H groups in total. The predicted molar refractivity (Wildman–Crippen MR) is 248 cm³/mol. The molecule has 3 aliphatic heterocycles. The number of amides is 1. The summed E-state index contributed by atoms with van der Waals surface area (Å²) in [5.74, 6) is -7.45. The maximum absolute atomic E-state index is 14.4. The van der Waals surface area contributed by atoms with E-state index in [2.05, 4.69) is 0 Å². The number of cyclic esters (lactones) is 1. The first-order valence-electron chi connectivity index (χ1n) is 23.4. The third-order valence-corrected chi connectivity index (χ3v) is 13.6. The molecule has 65 heavy (non-hydrogen) atoms. The number of Topliss-reactive ketones (excluding diaryl/α,β-unsaturated/α-hetero) is 3. The summed E-state index contributed by atoms with van der Waals surface area (Å²) >= 11 is 0. The number of carbonyl (C=O) groups is 5. The van der Waals surface area contributed by atoms with E-state index in [1.165, 1.54) is 12.0 Å². The van der Waals surface area contributed by atoms with E-state index in [-0.39, 0.29) is 36.9 Å². The van der Waals surface area contributed by atoms with Crippen LogP contribution in [0.4, 0.5) is 0 Å². The van der Waals surface area contributed by atoms with Crippen LogP contribution in [0.3, 0.4) is 0 Å². The molecule has 4 rings (SSSR count). The summed E-state index contributed by atoms with van der Waals surface area (Å²) in [7, 11) is 4.55. The highest BCUT2D eigenvalue weighted by atomic mass is 16.6. The standard InChI is InChI=1S/C52H75NO12/c1-31-17-13-12-14-18-32(2)44(62-10)29-40-23-21-38(8)52(60,65-40)49(57)50(58)53-24-16-15-19-41(53)51(59)64-45(35(5)27-39-22-20-33(3)43(28-39)61-9)30-42(54)34(4)26-37(7)47(56)48(63-11)46(55)36(6)25-31/h12-14,17-18,20,22,26,28,31,34-36,38,40-41,44-45,47-48,56,60H,15-16,19,21,23-25,27,29-30H2,1-11H3/b14-12+,17-13+,32-18+,37-26+/t31-,34-,35-,36-,38-,40+,41+,44+,45+,47-,48?,52-/m1/s1. The van der Waals surface area contributed by atoms with Crippen molar-refractivity contribution in [1.82, 2.24) is 4.90 Å². The zero-order valence-corrected chi connectivity index (χ0v) is 40.5. The molecule has 0 aliphatic carbocycles. The molecule has 1 amide bonds. The molecule has 1 aromatic rings. The van der Waals surface area contributed by atoms with E-state index in [1.54, 1.807) is 41.1 Å². The lowest BCUT2D eigenvalue weighted by molar-refractivity contribution is -0.265. The fourth-order valence-electron chi connectivity index (χ4n) is 9.27. The van der Waals surface area contributed by atoms with Crippen LogP contribution >= 0.6 is 0 Å². The molecule has 1 unspecified atom stereocenters. The lowest BCUT2D eigenvalue weighted by Gasteiger charge is -2.42. The molecule has 1 aromatic carbocycles. The zero-order chi connectivity index (χ0) is 48.2. The molecule has 3 aliphatic rings. The van der Waals surface area contributed by atoms with Crippen LogP contribution in [0.5, 0.6) is 5.75 Å². The summed E-state index contributed by atoms with van der Waals surface area (Å²) in [6.07, 6.45) is 10.1. The molecule has 0 spiro atoms. The van der Waals surface area contributed by atoms with Gasteiger partial charge in [0.15, 0.2) is 5.78 Å². The van der Waals surface area contributed by atoms with Gasteiger partial charge in [0.1, 0.15) is 35.9 Å². The highest BCUT2D eigenvalue weighted by Gasteiger charge is 2.53. The van der Waals surface area contributed by atoms with Crippen molar-refractivity contribution in [3.8, 4) is 5.75 Å². The van der Waals surface area contributed by atoms with Gasteiger partial charge in [0, 0.05) is 51.4 Å². The Balaban J connectivity index is 1.73. The summed E-state index contributed by atoms with van der Waals surface area (Å²) < 4.78 is 29.4. The summed E-state index contributed by atoms with van der Waals surface area (Å²) in [5.41, 5.74) is 3.11. The number of aliphatic hydroxyl groups excluding tert-OH is 1. The van der Waals surface area contributed by atoms with Gasteiger partial charge >= 0.3 is 5.97 Å². The molecule has 0 aromatic heterocycles. The minimum absolute atomic E-state index is 0.0211. The number of carbonyl (C=O) groups excluding carboxylic acids is 5. The van der Waals surface area contributed by atoms with Gasteiger partial charge in [0.25, 0.3) is 11.7 Å². The zero-order valence-electron chi connectivity index (χ0n) is 40.5. The SMILES string of the molecule is COc1cc(C[C@@H](C)[C@@H]2CC(=O)[C@H](C)/C=C(\C)[C@@H](O)C(OC)C(=O)[C@H](C)C[C@H](C)/C=C/C=C/C=C(\C)[C@@H](OC)C[C@@H]3CC[C@@H](C)[C@@](O)(O3)C(=O)C(=O)N3CCCC[C@H]3C(=O)O2)ccc1C. The van der Waals surface area contributed by atoms with E-state index in [4.69, 9.17) is 23.7 Å². The number of methoxy groups -OCH3 is 3. The second kappa shape index (κ2) is 24.5. The van der Waals surface area contributed by atoms with Gasteiger partial charge in [-0.1, -0.05) is 83.2 Å². The van der Waals surface area contributed by atoms with Crippen molar-refractivity contribution in [3.05, 3.63) is 76.9 Å². The van der Waals surface area contributed by atoms with Crippen LogP contribution in [0.15, 0.2) is 65.8 Å². The number of esters is 1. The molecular formula is C52H75NO12. The summed E-state index contributed by atoms with van der Waals surface area (Å²) in [6, 6.07) is 4.65. The largest absolute Gasteiger partial charge is 0.496 e. The topological polar surface area (TPSA) is 175 Å². The Labute approximate surface area is 386 Å². The molecule has 0 radical (unpaired) electrons. The number of rotatable bonds is 6. The normalized spacial score (nSPS) is 35.5.